The maximum Gasteiger partial charge on any atom is 0.290 e. The van der Waals surface area contributed by atoms with Gasteiger partial charge < -0.3 is 4.74 Å². The Morgan fingerprint density at radius 3 is 2.71 bits per heavy atom. The molecule has 4 nitrogen and oxygen atoms in total. The lowest BCUT2D eigenvalue weighted by Gasteiger charge is -2.07. The number of pyridine rings is 1. The van der Waals surface area contributed by atoms with Crippen molar-refractivity contribution in [2.75, 3.05) is 19.0 Å². The summed E-state index contributed by atoms with van der Waals surface area (Å²) in [6.45, 7) is 3.18. The van der Waals surface area contributed by atoms with Gasteiger partial charge in [0.05, 0.1) is 18.8 Å². The van der Waals surface area contributed by atoms with Crippen molar-refractivity contribution in [3.8, 4) is 6.07 Å². The topological polar surface area (TPSA) is 59.2 Å². The zero-order chi connectivity index (χ0) is 15.1. The van der Waals surface area contributed by atoms with Crippen molar-refractivity contribution >= 4 is 5.82 Å². The number of H-pyrrole nitrogens is 1. The van der Waals surface area contributed by atoms with E-state index >= 15 is 0 Å². The Kier molecular flexibility index (Phi) is 5.30. The summed E-state index contributed by atoms with van der Waals surface area (Å²) in [5.41, 5.74) is 3.80. The molecule has 2 aromatic rings. The van der Waals surface area contributed by atoms with E-state index in [-0.39, 0.29) is 0 Å². The fourth-order valence-electron chi connectivity index (χ4n) is 2.30. The molecule has 0 bridgehead atoms. The van der Waals surface area contributed by atoms with Crippen molar-refractivity contribution in [2.24, 2.45) is 0 Å². The van der Waals surface area contributed by atoms with Gasteiger partial charge in [0.25, 0.3) is 5.82 Å². The minimum atomic E-state index is 0.436. The highest BCUT2D eigenvalue weighted by Crippen LogP contribution is 2.16. The molecule has 4 heteroatoms. The predicted octanol–water partition coefficient (Wildman–Crippen LogP) is 2.48. The van der Waals surface area contributed by atoms with Crippen LogP contribution in [0.2, 0.25) is 0 Å². The number of aromatic nitrogens is 1. The molecule has 0 radical (unpaired) electrons. The van der Waals surface area contributed by atoms with Crippen molar-refractivity contribution in [1.29, 1.82) is 5.26 Å². The molecular weight excluding hydrogens is 262 g/mol. The monoisotopic (exact) mass is 282 g/mol. The third-order valence-corrected chi connectivity index (χ3v) is 3.25. The number of anilines is 1. The molecule has 1 aromatic heterocycles. The van der Waals surface area contributed by atoms with Gasteiger partial charge in [0.1, 0.15) is 11.6 Å². The zero-order valence-corrected chi connectivity index (χ0v) is 12.4. The first kappa shape index (κ1) is 15.0. The van der Waals surface area contributed by atoms with Gasteiger partial charge in [-0.15, -0.1) is 0 Å². The van der Waals surface area contributed by atoms with E-state index in [0.29, 0.717) is 12.2 Å². The predicted molar refractivity (Wildman–Crippen MR) is 81.8 cm³/mol. The molecule has 108 valence electrons. The molecule has 0 saturated heterocycles. The van der Waals surface area contributed by atoms with E-state index in [1.54, 1.807) is 7.11 Å². The van der Waals surface area contributed by atoms with Crippen LogP contribution in [0.5, 0.6) is 0 Å². The van der Waals surface area contributed by atoms with Gasteiger partial charge in [-0.25, -0.2) is 4.98 Å². The molecule has 1 aromatic carbocycles. The number of rotatable bonds is 6. The summed E-state index contributed by atoms with van der Waals surface area (Å²) in [7, 11) is 1.63. The Morgan fingerprint density at radius 2 is 2.05 bits per heavy atom. The molecule has 0 atom stereocenters. The number of nitrogens with zero attached hydrogens (tertiary/aromatic N) is 1. The third-order valence-electron chi connectivity index (χ3n) is 3.25. The van der Waals surface area contributed by atoms with Gasteiger partial charge in [0.15, 0.2) is 0 Å². The molecular formula is C17H20N3O+. The van der Waals surface area contributed by atoms with Crippen LogP contribution in [0.25, 0.3) is 0 Å². The summed E-state index contributed by atoms with van der Waals surface area (Å²) in [6.07, 6.45) is 0.910. The molecule has 0 spiro atoms. The number of benzene rings is 1. The first-order valence-electron chi connectivity index (χ1n) is 6.97. The van der Waals surface area contributed by atoms with Crippen LogP contribution in [0.4, 0.5) is 5.82 Å². The second-order valence-electron chi connectivity index (χ2n) is 4.93. The maximum absolute atomic E-state index is 9.37. The van der Waals surface area contributed by atoms with Crippen molar-refractivity contribution in [3.63, 3.8) is 0 Å². The Labute approximate surface area is 125 Å². The largest absolute Gasteiger partial charge is 0.380 e. The van der Waals surface area contributed by atoms with E-state index in [9.17, 15) is 5.26 Å². The number of hydrogen-bond acceptors (Lipinski definition) is 3. The summed E-state index contributed by atoms with van der Waals surface area (Å²) in [5.74, 6) is 0.764. The highest BCUT2D eigenvalue weighted by atomic mass is 16.5. The molecule has 0 saturated carbocycles. The van der Waals surface area contributed by atoms with Crippen molar-refractivity contribution in [3.05, 3.63) is 58.8 Å². The van der Waals surface area contributed by atoms with E-state index in [1.807, 2.05) is 31.2 Å². The maximum atomic E-state index is 9.37. The number of nitriles is 1. The molecule has 2 N–H and O–H groups in total. The SMILES string of the molecule is COCc1cc(C)[nH+]c(NCCc2ccccc2)c1C#N. The lowest BCUT2D eigenvalue weighted by Crippen LogP contribution is -2.21. The minimum Gasteiger partial charge on any atom is -0.380 e. The minimum absolute atomic E-state index is 0.436. The Bertz CT molecular complexity index is 632. The van der Waals surface area contributed by atoms with Crippen molar-refractivity contribution < 1.29 is 9.72 Å². The van der Waals surface area contributed by atoms with Gasteiger partial charge in [-0.2, -0.15) is 5.26 Å². The van der Waals surface area contributed by atoms with Gasteiger partial charge in [-0.1, -0.05) is 30.3 Å². The lowest BCUT2D eigenvalue weighted by atomic mass is 10.1. The third kappa shape index (κ3) is 4.04. The fourth-order valence-corrected chi connectivity index (χ4v) is 2.30. The normalized spacial score (nSPS) is 10.1. The summed E-state index contributed by atoms with van der Waals surface area (Å²) in [6, 6.07) is 14.5. The van der Waals surface area contributed by atoms with Crippen LogP contribution < -0.4 is 10.3 Å². The van der Waals surface area contributed by atoms with Crippen LogP contribution in [0.1, 0.15) is 22.4 Å². The van der Waals surface area contributed by atoms with Crippen LogP contribution in [0.15, 0.2) is 36.4 Å². The number of aryl methyl sites for hydroxylation is 1. The number of aromatic amines is 1. The van der Waals surface area contributed by atoms with E-state index in [4.69, 9.17) is 4.74 Å². The van der Waals surface area contributed by atoms with Crippen molar-refractivity contribution in [1.82, 2.24) is 0 Å². The van der Waals surface area contributed by atoms with Crippen LogP contribution in [0.3, 0.4) is 0 Å². The molecule has 1 heterocycles. The quantitative estimate of drug-likeness (QED) is 0.885. The standard InChI is InChI=1S/C17H19N3O/c1-13-10-15(12-21-2)16(11-18)17(20-13)19-9-8-14-6-4-3-5-7-14/h3-7,10H,8-9,12H2,1-2H3,(H,19,20)/p+1. The highest BCUT2D eigenvalue weighted by molar-refractivity contribution is 5.52. The first-order chi connectivity index (χ1) is 10.2. The average molecular weight is 282 g/mol. The van der Waals surface area contributed by atoms with Gasteiger partial charge >= 0.3 is 0 Å². The van der Waals surface area contributed by atoms with Gasteiger partial charge in [0, 0.05) is 19.1 Å². The molecule has 2 rings (SSSR count). The number of nitrogens with one attached hydrogen (secondary N) is 2. The lowest BCUT2D eigenvalue weighted by molar-refractivity contribution is -0.371. The van der Waals surface area contributed by atoms with E-state index in [0.717, 1.165) is 30.0 Å². The van der Waals surface area contributed by atoms with Gasteiger partial charge in [0.2, 0.25) is 0 Å². The van der Waals surface area contributed by atoms with Crippen LogP contribution in [0, 0.1) is 18.3 Å². The summed E-state index contributed by atoms with van der Waals surface area (Å²) in [5, 5.41) is 12.7. The van der Waals surface area contributed by atoms with E-state index in [1.165, 1.54) is 5.56 Å². The number of hydrogen-bond donors (Lipinski definition) is 1. The molecule has 0 aliphatic heterocycles. The highest BCUT2D eigenvalue weighted by Gasteiger charge is 2.16. The van der Waals surface area contributed by atoms with Crippen molar-refractivity contribution in [2.45, 2.75) is 20.0 Å². The summed E-state index contributed by atoms with van der Waals surface area (Å²) in [4.78, 5) is 3.22. The molecule has 0 fully saturated rings. The summed E-state index contributed by atoms with van der Waals surface area (Å²) < 4.78 is 5.16. The average Bonchev–Trinajstić information content (AvgIpc) is 2.48. The zero-order valence-electron chi connectivity index (χ0n) is 12.4. The number of methoxy groups -OCH3 is 1. The van der Waals surface area contributed by atoms with Gasteiger partial charge in [-0.3, -0.25) is 5.32 Å². The molecule has 0 aliphatic rings. The smallest absolute Gasteiger partial charge is 0.290 e. The van der Waals surface area contributed by atoms with E-state index < -0.39 is 0 Å². The second-order valence-corrected chi connectivity index (χ2v) is 4.93. The summed E-state index contributed by atoms with van der Waals surface area (Å²) >= 11 is 0. The fraction of sp³-hybridized carbons (Fsp3) is 0.294. The number of ether oxygens (including phenoxy) is 1. The molecule has 0 unspecified atom stereocenters. The molecule has 0 amide bonds. The second kappa shape index (κ2) is 7.41. The Hall–Kier alpha value is -2.38. The van der Waals surface area contributed by atoms with Gasteiger partial charge in [-0.05, 0) is 18.6 Å². The Balaban J connectivity index is 2.10. The van der Waals surface area contributed by atoms with Crippen LogP contribution in [-0.4, -0.2) is 13.7 Å². The van der Waals surface area contributed by atoms with E-state index in [2.05, 4.69) is 28.5 Å². The Morgan fingerprint density at radius 1 is 1.29 bits per heavy atom. The molecule has 0 aliphatic carbocycles. The van der Waals surface area contributed by atoms with Crippen LogP contribution in [-0.2, 0) is 17.8 Å². The molecule has 21 heavy (non-hydrogen) atoms. The van der Waals surface area contributed by atoms with Crippen LogP contribution >= 0.6 is 0 Å². The first-order valence-corrected chi connectivity index (χ1v) is 6.97.